The van der Waals surface area contributed by atoms with Gasteiger partial charge in [0.25, 0.3) is 5.69 Å². The molecule has 0 radical (unpaired) electrons. The summed E-state index contributed by atoms with van der Waals surface area (Å²) in [5.41, 5.74) is 1.21. The van der Waals surface area contributed by atoms with Gasteiger partial charge in [-0.2, -0.15) is 0 Å². The van der Waals surface area contributed by atoms with Crippen molar-refractivity contribution in [2.24, 2.45) is 0 Å². The highest BCUT2D eigenvalue weighted by Crippen LogP contribution is 2.29. The third-order valence-electron chi connectivity index (χ3n) is 4.14. The number of aromatic nitrogens is 2. The van der Waals surface area contributed by atoms with Gasteiger partial charge in [-0.25, -0.2) is 9.78 Å². The smallest absolute Gasteiger partial charge is 0.321 e. The van der Waals surface area contributed by atoms with Gasteiger partial charge in [0.2, 0.25) is 0 Å². The van der Waals surface area contributed by atoms with Gasteiger partial charge < -0.3 is 15.2 Å². The number of benzene rings is 1. The number of hydrogen-bond acceptors (Lipinski definition) is 4. The van der Waals surface area contributed by atoms with Crippen LogP contribution >= 0.6 is 11.6 Å². The van der Waals surface area contributed by atoms with Crippen LogP contribution in [-0.2, 0) is 0 Å². The van der Waals surface area contributed by atoms with Gasteiger partial charge in [0.1, 0.15) is 5.02 Å². The Morgan fingerprint density at radius 1 is 1.42 bits per heavy atom. The van der Waals surface area contributed by atoms with Crippen LogP contribution < -0.4 is 5.32 Å². The number of halogens is 1. The Kier molecular flexibility index (Phi) is 4.66. The van der Waals surface area contributed by atoms with E-state index >= 15 is 0 Å². The molecule has 1 aliphatic heterocycles. The third kappa shape index (κ3) is 3.48. The van der Waals surface area contributed by atoms with Crippen LogP contribution in [0.2, 0.25) is 5.02 Å². The molecule has 1 aliphatic rings. The van der Waals surface area contributed by atoms with Crippen molar-refractivity contribution in [2.45, 2.75) is 18.8 Å². The van der Waals surface area contributed by atoms with E-state index in [1.807, 2.05) is 6.20 Å². The van der Waals surface area contributed by atoms with Gasteiger partial charge in [0, 0.05) is 42.7 Å². The fraction of sp³-hybridized carbons (Fsp3) is 0.333. The molecule has 0 bridgehead atoms. The maximum absolute atomic E-state index is 12.3. The van der Waals surface area contributed by atoms with Crippen molar-refractivity contribution in [3.63, 3.8) is 0 Å². The van der Waals surface area contributed by atoms with Crippen LogP contribution in [0, 0.1) is 10.1 Å². The summed E-state index contributed by atoms with van der Waals surface area (Å²) in [6.45, 7) is 1.23. The van der Waals surface area contributed by atoms with Crippen LogP contribution in [0.25, 0.3) is 0 Å². The molecule has 2 amide bonds. The van der Waals surface area contributed by atoms with E-state index in [4.69, 9.17) is 11.6 Å². The number of amides is 2. The summed E-state index contributed by atoms with van der Waals surface area (Å²) in [5.74, 6) is 0.369. The number of urea groups is 1. The highest BCUT2D eigenvalue weighted by atomic mass is 35.5. The van der Waals surface area contributed by atoms with Crippen LogP contribution in [0.5, 0.6) is 0 Å². The SMILES string of the molecule is O=C(Nc1ccc(Cl)c([N+](=O)[O-])c1)N1CCC(c2cnc[nH]2)CC1. The Labute approximate surface area is 143 Å². The molecule has 0 saturated carbocycles. The molecule has 1 fully saturated rings. The predicted molar refractivity (Wildman–Crippen MR) is 89.3 cm³/mol. The minimum absolute atomic E-state index is 0.0402. The van der Waals surface area contributed by atoms with Gasteiger partial charge in [-0.3, -0.25) is 10.1 Å². The van der Waals surface area contributed by atoms with E-state index in [1.165, 1.54) is 12.1 Å². The van der Waals surface area contributed by atoms with Gasteiger partial charge >= 0.3 is 6.03 Å². The van der Waals surface area contributed by atoms with Crippen LogP contribution in [-0.4, -0.2) is 38.9 Å². The molecule has 9 heteroatoms. The molecule has 126 valence electrons. The number of H-pyrrole nitrogens is 1. The molecule has 1 aromatic heterocycles. The van der Waals surface area contributed by atoms with Crippen molar-refractivity contribution < 1.29 is 9.72 Å². The zero-order chi connectivity index (χ0) is 17.1. The molecular formula is C15H16ClN5O3. The van der Waals surface area contributed by atoms with Gasteiger partial charge in [0.15, 0.2) is 0 Å². The Morgan fingerprint density at radius 2 is 2.17 bits per heavy atom. The molecule has 0 aliphatic carbocycles. The van der Waals surface area contributed by atoms with Crippen molar-refractivity contribution in [2.75, 3.05) is 18.4 Å². The average Bonchev–Trinajstić information content (AvgIpc) is 3.11. The van der Waals surface area contributed by atoms with Crippen LogP contribution in [0.3, 0.4) is 0 Å². The number of imidazole rings is 1. The predicted octanol–water partition coefficient (Wildman–Crippen LogP) is 3.38. The lowest BCUT2D eigenvalue weighted by Crippen LogP contribution is -2.40. The van der Waals surface area contributed by atoms with E-state index in [0.29, 0.717) is 24.7 Å². The molecule has 1 aromatic carbocycles. The molecule has 0 atom stereocenters. The van der Waals surface area contributed by atoms with Crippen molar-refractivity contribution in [3.8, 4) is 0 Å². The number of carbonyl (C=O) groups excluding carboxylic acids is 1. The van der Waals surface area contributed by atoms with Crippen molar-refractivity contribution >= 4 is 29.0 Å². The van der Waals surface area contributed by atoms with Crippen LogP contribution in [0.4, 0.5) is 16.2 Å². The fourth-order valence-corrected chi connectivity index (χ4v) is 3.00. The van der Waals surface area contributed by atoms with E-state index in [-0.39, 0.29) is 16.7 Å². The van der Waals surface area contributed by atoms with Gasteiger partial charge in [-0.15, -0.1) is 0 Å². The summed E-state index contributed by atoms with van der Waals surface area (Å²) in [4.78, 5) is 31.5. The Hall–Kier alpha value is -2.61. The van der Waals surface area contributed by atoms with E-state index < -0.39 is 4.92 Å². The minimum atomic E-state index is -0.576. The summed E-state index contributed by atoms with van der Waals surface area (Å²) in [7, 11) is 0. The maximum Gasteiger partial charge on any atom is 0.321 e. The standard InChI is InChI=1S/C15H16ClN5O3/c16-12-2-1-11(7-14(12)21(23)24)19-15(22)20-5-3-10(4-6-20)13-8-17-9-18-13/h1-2,7-10H,3-6H2,(H,17,18)(H,19,22). The van der Waals surface area contributed by atoms with Gasteiger partial charge in [-0.05, 0) is 25.0 Å². The minimum Gasteiger partial charge on any atom is -0.348 e. The Balaban J connectivity index is 1.60. The zero-order valence-electron chi connectivity index (χ0n) is 12.7. The summed E-state index contributed by atoms with van der Waals surface area (Å²) < 4.78 is 0. The number of aromatic amines is 1. The lowest BCUT2D eigenvalue weighted by atomic mass is 9.94. The van der Waals surface area contributed by atoms with E-state index in [9.17, 15) is 14.9 Å². The molecule has 8 nitrogen and oxygen atoms in total. The second-order valence-corrected chi connectivity index (χ2v) is 6.03. The van der Waals surface area contributed by atoms with Crippen molar-refractivity contribution in [3.05, 3.63) is 51.6 Å². The number of anilines is 1. The second kappa shape index (κ2) is 6.88. The summed E-state index contributed by atoms with van der Waals surface area (Å²) >= 11 is 5.77. The number of piperidine rings is 1. The van der Waals surface area contributed by atoms with E-state index in [0.717, 1.165) is 18.5 Å². The average molecular weight is 350 g/mol. The molecule has 1 saturated heterocycles. The molecule has 0 unspecified atom stereocenters. The largest absolute Gasteiger partial charge is 0.348 e. The second-order valence-electron chi connectivity index (χ2n) is 5.62. The number of hydrogen-bond donors (Lipinski definition) is 2. The van der Waals surface area contributed by atoms with E-state index in [1.54, 1.807) is 17.3 Å². The molecule has 2 aromatic rings. The first-order valence-corrected chi connectivity index (χ1v) is 7.90. The quantitative estimate of drug-likeness (QED) is 0.654. The topological polar surface area (TPSA) is 104 Å². The summed E-state index contributed by atoms with van der Waals surface area (Å²) in [6.07, 6.45) is 5.15. The molecule has 0 spiro atoms. The number of carbonyl (C=O) groups is 1. The highest BCUT2D eigenvalue weighted by Gasteiger charge is 2.25. The first-order valence-electron chi connectivity index (χ1n) is 7.52. The molecule has 24 heavy (non-hydrogen) atoms. The maximum atomic E-state index is 12.3. The number of nitro benzene ring substituents is 1. The lowest BCUT2D eigenvalue weighted by molar-refractivity contribution is -0.384. The number of nitro groups is 1. The normalized spacial score (nSPS) is 15.3. The van der Waals surface area contributed by atoms with Crippen LogP contribution in [0.1, 0.15) is 24.5 Å². The van der Waals surface area contributed by atoms with E-state index in [2.05, 4.69) is 15.3 Å². The van der Waals surface area contributed by atoms with Crippen molar-refractivity contribution in [1.82, 2.24) is 14.9 Å². The van der Waals surface area contributed by atoms with Gasteiger partial charge in [0.05, 0.1) is 11.3 Å². The Bertz CT molecular complexity index is 742. The monoisotopic (exact) mass is 349 g/mol. The number of likely N-dealkylation sites (tertiary alicyclic amines) is 1. The number of nitrogens with zero attached hydrogens (tertiary/aromatic N) is 3. The number of rotatable bonds is 3. The Morgan fingerprint density at radius 3 is 2.79 bits per heavy atom. The first-order chi connectivity index (χ1) is 11.5. The van der Waals surface area contributed by atoms with Gasteiger partial charge in [-0.1, -0.05) is 11.6 Å². The summed E-state index contributed by atoms with van der Waals surface area (Å²) in [5, 5.41) is 13.6. The van der Waals surface area contributed by atoms with Crippen molar-refractivity contribution in [1.29, 1.82) is 0 Å². The summed E-state index contributed by atoms with van der Waals surface area (Å²) in [6, 6.07) is 3.94. The fourth-order valence-electron chi connectivity index (χ4n) is 2.82. The lowest BCUT2D eigenvalue weighted by Gasteiger charge is -2.31. The van der Waals surface area contributed by atoms with Crippen LogP contribution in [0.15, 0.2) is 30.7 Å². The highest BCUT2D eigenvalue weighted by molar-refractivity contribution is 6.32. The molecule has 2 N–H and O–H groups in total. The zero-order valence-corrected chi connectivity index (χ0v) is 13.5. The number of nitrogens with one attached hydrogen (secondary N) is 2. The third-order valence-corrected chi connectivity index (χ3v) is 4.46. The molecular weight excluding hydrogens is 334 g/mol. The molecule has 2 heterocycles. The molecule has 3 rings (SSSR count). The first kappa shape index (κ1) is 16.3.